The fourth-order valence-electron chi connectivity index (χ4n) is 7.43. The van der Waals surface area contributed by atoms with Gasteiger partial charge in [0.05, 0.1) is 6.61 Å². The molecule has 0 N–H and O–H groups in total. The predicted octanol–water partition coefficient (Wildman–Crippen LogP) is 18.9. The van der Waals surface area contributed by atoms with Gasteiger partial charge in [-0.2, -0.15) is 0 Å². The normalized spacial score (nSPS) is 11.8. The molecule has 0 aliphatic heterocycles. The zero-order chi connectivity index (χ0) is 44.9. The van der Waals surface area contributed by atoms with Gasteiger partial charge in [-0.1, -0.05) is 249 Å². The minimum atomic E-state index is -0.00822. The van der Waals surface area contributed by atoms with Gasteiger partial charge in [-0.15, -0.1) is 0 Å². The molecule has 4 heteroatoms. The molecule has 2 atom stereocenters. The SMILES string of the molecule is CCC.CCC.CCC.CCCCCCCCCCC(CCCCCCCC)CCC(=O)CCCCCN(C)CCCCCC(=O)OCC(CC)CCCCCCCC. The molecular weight excluding hydrogens is 723 g/mol. The molecule has 0 rings (SSSR count). The third-order valence-electron chi connectivity index (χ3n) is 11.2. The lowest BCUT2D eigenvalue weighted by Gasteiger charge is -2.17. The monoisotopic (exact) mass is 838 g/mol. The molecule has 0 saturated carbocycles. The Bertz CT molecular complexity index is 750. The summed E-state index contributed by atoms with van der Waals surface area (Å²) >= 11 is 0. The zero-order valence-corrected chi connectivity index (χ0v) is 43.1. The molecular formula is C55H115NO3. The second-order valence-electron chi connectivity index (χ2n) is 18.3. The van der Waals surface area contributed by atoms with Crippen LogP contribution in [0.1, 0.15) is 307 Å². The maximum Gasteiger partial charge on any atom is 0.305 e. The number of ether oxygens (including phenoxy) is 1. The topological polar surface area (TPSA) is 46.6 Å². The second kappa shape index (κ2) is 59.2. The number of rotatable bonds is 41. The summed E-state index contributed by atoms with van der Waals surface area (Å²) in [7, 11) is 2.21. The summed E-state index contributed by atoms with van der Waals surface area (Å²) in [5, 5.41) is 0. The zero-order valence-electron chi connectivity index (χ0n) is 43.1. The van der Waals surface area contributed by atoms with Gasteiger partial charge in [0, 0.05) is 19.3 Å². The van der Waals surface area contributed by atoms with Gasteiger partial charge >= 0.3 is 5.97 Å². The average Bonchev–Trinajstić information content (AvgIpc) is 3.21. The van der Waals surface area contributed by atoms with Gasteiger partial charge in [-0.3, -0.25) is 9.59 Å². The molecule has 0 aromatic rings. The standard InChI is InChI=1S/C46H91NO3.3C3H8/c1-6-10-13-16-19-20-23-28-35-44(34-27-22-18-15-12-8-3)38-39-45(48)36-29-24-31-40-47(5)41-32-25-30-37-46(49)50-42-43(9-4)33-26-21-17-14-11-7-2;3*1-3-2/h43-44H,6-42H2,1-5H3;3*3H2,1-2H3. The van der Waals surface area contributed by atoms with Gasteiger partial charge in [0.25, 0.3) is 0 Å². The number of nitrogens with zero attached hydrogens (tertiary/aromatic N) is 1. The van der Waals surface area contributed by atoms with E-state index in [0.29, 0.717) is 24.7 Å². The van der Waals surface area contributed by atoms with E-state index >= 15 is 0 Å². The smallest absolute Gasteiger partial charge is 0.305 e. The van der Waals surface area contributed by atoms with E-state index in [2.05, 4.69) is 81.2 Å². The van der Waals surface area contributed by atoms with Crippen molar-refractivity contribution in [1.82, 2.24) is 4.90 Å². The molecule has 0 fully saturated rings. The molecule has 0 saturated heterocycles. The van der Waals surface area contributed by atoms with Crippen molar-refractivity contribution in [3.8, 4) is 0 Å². The molecule has 0 aliphatic rings. The highest BCUT2D eigenvalue weighted by Crippen LogP contribution is 2.24. The summed E-state index contributed by atoms with van der Waals surface area (Å²) in [4.78, 5) is 27.5. The van der Waals surface area contributed by atoms with Crippen LogP contribution in [0, 0.1) is 11.8 Å². The molecule has 0 aromatic carbocycles. The third kappa shape index (κ3) is 61.5. The Balaban J connectivity index is -0.00000153. The summed E-state index contributed by atoms with van der Waals surface area (Å²) in [6.45, 7) is 24.6. The van der Waals surface area contributed by atoms with Crippen molar-refractivity contribution in [2.45, 2.75) is 307 Å². The summed E-state index contributed by atoms with van der Waals surface area (Å²) in [6, 6.07) is 0. The first-order valence-electron chi connectivity index (χ1n) is 27.1. The van der Waals surface area contributed by atoms with E-state index in [0.717, 1.165) is 76.8 Å². The number of ketones is 1. The van der Waals surface area contributed by atoms with Crippen LogP contribution in [0.4, 0.5) is 0 Å². The fourth-order valence-corrected chi connectivity index (χ4v) is 7.43. The third-order valence-corrected chi connectivity index (χ3v) is 11.2. The Morgan fingerprint density at radius 1 is 0.390 bits per heavy atom. The van der Waals surface area contributed by atoms with E-state index in [1.807, 2.05) is 0 Å². The molecule has 4 nitrogen and oxygen atoms in total. The molecule has 0 aromatic heterocycles. The molecule has 0 radical (unpaired) electrons. The van der Waals surface area contributed by atoms with Crippen LogP contribution in [0.3, 0.4) is 0 Å². The van der Waals surface area contributed by atoms with Crippen LogP contribution in [0.25, 0.3) is 0 Å². The molecule has 0 spiro atoms. The summed E-state index contributed by atoms with van der Waals surface area (Å²) < 4.78 is 5.63. The lowest BCUT2D eigenvalue weighted by Crippen LogP contribution is -2.21. The quantitative estimate of drug-likeness (QED) is 0.0455. The van der Waals surface area contributed by atoms with Crippen LogP contribution < -0.4 is 0 Å². The number of carbonyl (C=O) groups is 2. The first kappa shape index (κ1) is 64.7. The molecule has 0 heterocycles. The lowest BCUT2D eigenvalue weighted by molar-refractivity contribution is -0.145. The Morgan fingerprint density at radius 2 is 0.729 bits per heavy atom. The van der Waals surface area contributed by atoms with Crippen molar-refractivity contribution in [1.29, 1.82) is 0 Å². The molecule has 2 unspecified atom stereocenters. The van der Waals surface area contributed by atoms with Gasteiger partial charge in [-0.05, 0) is 70.5 Å². The summed E-state index contributed by atoms with van der Waals surface area (Å²) in [5.74, 6) is 1.78. The minimum Gasteiger partial charge on any atom is -0.465 e. The van der Waals surface area contributed by atoms with Crippen molar-refractivity contribution >= 4 is 11.8 Å². The number of unbranched alkanes of at least 4 members (excludes halogenated alkanes) is 21. The molecule has 59 heavy (non-hydrogen) atoms. The Kier molecular flexibility index (Phi) is 64.9. The van der Waals surface area contributed by atoms with Gasteiger partial charge in [0.2, 0.25) is 0 Å². The first-order chi connectivity index (χ1) is 28.7. The number of carbonyl (C=O) groups excluding carboxylic acids is 2. The maximum absolute atomic E-state index is 12.8. The van der Waals surface area contributed by atoms with E-state index < -0.39 is 0 Å². The van der Waals surface area contributed by atoms with Crippen molar-refractivity contribution < 1.29 is 14.3 Å². The van der Waals surface area contributed by atoms with Gasteiger partial charge < -0.3 is 9.64 Å². The van der Waals surface area contributed by atoms with Gasteiger partial charge in [-0.25, -0.2) is 0 Å². The largest absolute Gasteiger partial charge is 0.465 e. The van der Waals surface area contributed by atoms with Gasteiger partial charge in [0.1, 0.15) is 5.78 Å². The molecule has 358 valence electrons. The lowest BCUT2D eigenvalue weighted by atomic mass is 9.89. The van der Waals surface area contributed by atoms with Crippen LogP contribution in [0.5, 0.6) is 0 Å². The number of hydrogen-bond acceptors (Lipinski definition) is 4. The highest BCUT2D eigenvalue weighted by atomic mass is 16.5. The molecule has 0 aliphatic carbocycles. The van der Waals surface area contributed by atoms with Crippen LogP contribution in [-0.4, -0.2) is 43.4 Å². The molecule has 0 bridgehead atoms. The van der Waals surface area contributed by atoms with Crippen LogP contribution in [-0.2, 0) is 14.3 Å². The van der Waals surface area contributed by atoms with Crippen molar-refractivity contribution in [2.75, 3.05) is 26.7 Å². The van der Waals surface area contributed by atoms with E-state index in [-0.39, 0.29) is 5.97 Å². The van der Waals surface area contributed by atoms with Crippen molar-refractivity contribution in [3.63, 3.8) is 0 Å². The predicted molar refractivity (Wildman–Crippen MR) is 268 cm³/mol. The Hall–Kier alpha value is -0.900. The van der Waals surface area contributed by atoms with Gasteiger partial charge in [0.15, 0.2) is 0 Å². The van der Waals surface area contributed by atoms with E-state index in [9.17, 15) is 9.59 Å². The van der Waals surface area contributed by atoms with Crippen LogP contribution in [0.15, 0.2) is 0 Å². The minimum absolute atomic E-state index is 0.00822. The first-order valence-corrected chi connectivity index (χ1v) is 27.1. The summed E-state index contributed by atoms with van der Waals surface area (Å²) in [6.07, 6.45) is 45.8. The molecule has 0 amide bonds. The highest BCUT2D eigenvalue weighted by molar-refractivity contribution is 5.78. The summed E-state index contributed by atoms with van der Waals surface area (Å²) in [5.41, 5.74) is 0. The Morgan fingerprint density at radius 3 is 1.12 bits per heavy atom. The number of Topliss-reactive ketones (excluding diaryl/α,β-unsaturated/α-hetero) is 1. The van der Waals surface area contributed by atoms with Crippen LogP contribution in [0.2, 0.25) is 0 Å². The second-order valence-corrected chi connectivity index (χ2v) is 18.3. The van der Waals surface area contributed by atoms with E-state index in [4.69, 9.17) is 4.74 Å². The fraction of sp³-hybridized carbons (Fsp3) is 0.964. The highest BCUT2D eigenvalue weighted by Gasteiger charge is 2.13. The number of esters is 1. The van der Waals surface area contributed by atoms with Crippen LogP contribution >= 0.6 is 0 Å². The van der Waals surface area contributed by atoms with Crippen molar-refractivity contribution in [3.05, 3.63) is 0 Å². The van der Waals surface area contributed by atoms with Crippen molar-refractivity contribution in [2.24, 2.45) is 11.8 Å². The Labute approximate surface area is 375 Å². The maximum atomic E-state index is 12.8. The van der Waals surface area contributed by atoms with E-state index in [1.165, 1.54) is 173 Å². The van der Waals surface area contributed by atoms with E-state index in [1.54, 1.807) is 0 Å². The average molecular weight is 839 g/mol. The number of hydrogen-bond donors (Lipinski definition) is 0.